The van der Waals surface area contributed by atoms with Crippen LogP contribution in [0, 0.1) is 11.8 Å². The Balaban J connectivity index is 1.74. The van der Waals surface area contributed by atoms with E-state index in [2.05, 4.69) is 37.4 Å². The van der Waals surface area contributed by atoms with Crippen LogP contribution < -0.4 is 5.32 Å². The minimum absolute atomic E-state index is 0.660. The Hall–Kier alpha value is -0.830. The quantitative estimate of drug-likeness (QED) is 0.827. The molecule has 1 aromatic rings. The molecule has 1 aromatic heterocycles. The van der Waals surface area contributed by atoms with E-state index in [0.717, 1.165) is 25.0 Å². The molecule has 1 aliphatic rings. The summed E-state index contributed by atoms with van der Waals surface area (Å²) in [6.07, 6.45) is 6.81. The van der Waals surface area contributed by atoms with Crippen molar-refractivity contribution in [3.8, 4) is 0 Å². The average Bonchev–Trinajstić information content (AvgIpc) is 2.57. The molecule has 2 rings (SSSR count). The highest BCUT2D eigenvalue weighted by Crippen LogP contribution is 2.26. The van der Waals surface area contributed by atoms with Gasteiger partial charge in [-0.05, 0) is 24.7 Å². The maximum Gasteiger partial charge on any atom is 0.0534 e. The topological polar surface area (TPSA) is 29.9 Å². The van der Waals surface area contributed by atoms with Gasteiger partial charge in [0.25, 0.3) is 0 Å². The van der Waals surface area contributed by atoms with Crippen molar-refractivity contribution in [3.05, 3.63) is 18.0 Å². The van der Waals surface area contributed by atoms with Crippen LogP contribution in [0.15, 0.2) is 12.4 Å². The highest BCUT2D eigenvalue weighted by molar-refractivity contribution is 5.04. The van der Waals surface area contributed by atoms with Gasteiger partial charge in [0.05, 0.1) is 6.20 Å². The fourth-order valence-electron chi connectivity index (χ4n) is 2.30. The molecule has 1 saturated carbocycles. The number of nitrogens with one attached hydrogen (secondary N) is 1. The Morgan fingerprint density at radius 1 is 1.50 bits per heavy atom. The molecule has 0 bridgehead atoms. The molecular formula is C13H23N3. The molecule has 0 atom stereocenters. The lowest BCUT2D eigenvalue weighted by Crippen LogP contribution is -2.39. The molecule has 0 spiro atoms. The van der Waals surface area contributed by atoms with Crippen molar-refractivity contribution in [2.24, 2.45) is 11.8 Å². The predicted molar refractivity (Wildman–Crippen MR) is 66.1 cm³/mol. The zero-order valence-electron chi connectivity index (χ0n) is 10.6. The van der Waals surface area contributed by atoms with E-state index < -0.39 is 0 Å². The summed E-state index contributed by atoms with van der Waals surface area (Å²) >= 11 is 0. The van der Waals surface area contributed by atoms with E-state index >= 15 is 0 Å². The van der Waals surface area contributed by atoms with Crippen molar-refractivity contribution in [2.75, 3.05) is 0 Å². The van der Waals surface area contributed by atoms with Crippen LogP contribution >= 0.6 is 0 Å². The maximum atomic E-state index is 4.37. The van der Waals surface area contributed by atoms with Crippen LogP contribution in [0.25, 0.3) is 0 Å². The van der Waals surface area contributed by atoms with Crippen molar-refractivity contribution < 1.29 is 0 Å². The molecule has 3 heteroatoms. The van der Waals surface area contributed by atoms with E-state index in [1.54, 1.807) is 0 Å². The monoisotopic (exact) mass is 221 g/mol. The van der Waals surface area contributed by atoms with Crippen LogP contribution in [0.3, 0.4) is 0 Å². The molecule has 3 nitrogen and oxygen atoms in total. The fourth-order valence-corrected chi connectivity index (χ4v) is 2.30. The minimum Gasteiger partial charge on any atom is -0.310 e. The first kappa shape index (κ1) is 11.6. The van der Waals surface area contributed by atoms with Crippen LogP contribution in [0.4, 0.5) is 0 Å². The van der Waals surface area contributed by atoms with Gasteiger partial charge >= 0.3 is 0 Å². The number of nitrogens with zero attached hydrogens (tertiary/aromatic N) is 2. The van der Waals surface area contributed by atoms with Crippen molar-refractivity contribution in [1.29, 1.82) is 0 Å². The molecule has 0 radical (unpaired) electrons. The zero-order chi connectivity index (χ0) is 11.5. The maximum absolute atomic E-state index is 4.37. The highest BCUT2D eigenvalue weighted by atomic mass is 15.3. The van der Waals surface area contributed by atoms with Crippen LogP contribution in [0.2, 0.25) is 0 Å². The van der Waals surface area contributed by atoms with E-state index in [9.17, 15) is 0 Å². The van der Waals surface area contributed by atoms with E-state index in [1.165, 1.54) is 18.4 Å². The molecule has 1 aliphatic carbocycles. The lowest BCUT2D eigenvalue weighted by atomic mass is 9.82. The Morgan fingerprint density at radius 3 is 2.88 bits per heavy atom. The van der Waals surface area contributed by atoms with Crippen LogP contribution in [-0.2, 0) is 13.1 Å². The molecule has 1 heterocycles. The highest BCUT2D eigenvalue weighted by Gasteiger charge is 2.24. The van der Waals surface area contributed by atoms with Crippen molar-refractivity contribution in [1.82, 2.24) is 15.1 Å². The van der Waals surface area contributed by atoms with Crippen LogP contribution in [-0.4, -0.2) is 15.8 Å². The van der Waals surface area contributed by atoms with Gasteiger partial charge in [-0.15, -0.1) is 0 Å². The number of hydrogen-bond donors (Lipinski definition) is 1. The third kappa shape index (κ3) is 3.08. The number of rotatable bonds is 5. The first-order valence-corrected chi connectivity index (χ1v) is 6.38. The van der Waals surface area contributed by atoms with E-state index in [0.29, 0.717) is 5.92 Å². The number of hydrogen-bond acceptors (Lipinski definition) is 2. The molecular weight excluding hydrogens is 198 g/mol. The largest absolute Gasteiger partial charge is 0.310 e. The average molecular weight is 221 g/mol. The summed E-state index contributed by atoms with van der Waals surface area (Å²) in [5.74, 6) is 1.58. The third-order valence-corrected chi connectivity index (χ3v) is 3.21. The van der Waals surface area contributed by atoms with Gasteiger partial charge in [0.1, 0.15) is 0 Å². The smallest absolute Gasteiger partial charge is 0.0534 e. The molecule has 0 aromatic carbocycles. The standard InChI is InChI=1S/C13H23N3/c1-10(2)8-16-9-12(7-15-16)6-14-13-4-11(3)5-13/h7,9-11,13-14H,4-6,8H2,1-3H3. The van der Waals surface area contributed by atoms with Crippen molar-refractivity contribution in [2.45, 2.75) is 52.7 Å². The predicted octanol–water partition coefficient (Wildman–Crippen LogP) is 2.43. The van der Waals surface area contributed by atoms with Crippen molar-refractivity contribution in [3.63, 3.8) is 0 Å². The van der Waals surface area contributed by atoms with E-state index in [4.69, 9.17) is 0 Å². The third-order valence-electron chi connectivity index (χ3n) is 3.21. The Labute approximate surface area is 98.2 Å². The summed E-state index contributed by atoms with van der Waals surface area (Å²) in [5, 5.41) is 7.95. The molecule has 1 fully saturated rings. The molecule has 90 valence electrons. The second-order valence-corrected chi connectivity index (χ2v) is 5.62. The Kier molecular flexibility index (Phi) is 3.64. The SMILES string of the molecule is CC(C)Cn1cc(CNC2CC(C)C2)cn1. The summed E-state index contributed by atoms with van der Waals surface area (Å²) in [4.78, 5) is 0. The van der Waals surface area contributed by atoms with E-state index in [1.807, 2.05) is 10.9 Å². The van der Waals surface area contributed by atoms with Gasteiger partial charge < -0.3 is 5.32 Å². The lowest BCUT2D eigenvalue weighted by Gasteiger charge is -2.33. The molecule has 0 aliphatic heterocycles. The number of aromatic nitrogens is 2. The molecule has 16 heavy (non-hydrogen) atoms. The molecule has 1 N–H and O–H groups in total. The minimum atomic E-state index is 0.660. The van der Waals surface area contributed by atoms with Gasteiger partial charge in [-0.1, -0.05) is 20.8 Å². The van der Waals surface area contributed by atoms with Gasteiger partial charge in [-0.2, -0.15) is 5.10 Å². The Bertz CT molecular complexity index is 324. The summed E-state index contributed by atoms with van der Waals surface area (Å²) in [5.41, 5.74) is 1.31. The molecule has 0 amide bonds. The fraction of sp³-hybridized carbons (Fsp3) is 0.769. The summed E-state index contributed by atoms with van der Waals surface area (Å²) in [6.45, 7) is 8.74. The first-order chi connectivity index (χ1) is 7.63. The van der Waals surface area contributed by atoms with Crippen LogP contribution in [0.1, 0.15) is 39.2 Å². The van der Waals surface area contributed by atoms with Crippen molar-refractivity contribution >= 4 is 0 Å². The van der Waals surface area contributed by atoms with Gasteiger partial charge in [0.2, 0.25) is 0 Å². The summed E-state index contributed by atoms with van der Waals surface area (Å²) < 4.78 is 2.05. The zero-order valence-corrected chi connectivity index (χ0v) is 10.6. The van der Waals surface area contributed by atoms with Gasteiger partial charge in [-0.3, -0.25) is 4.68 Å². The van der Waals surface area contributed by atoms with E-state index in [-0.39, 0.29) is 0 Å². The Morgan fingerprint density at radius 2 is 2.25 bits per heavy atom. The second kappa shape index (κ2) is 5.00. The van der Waals surface area contributed by atoms with Gasteiger partial charge in [0, 0.05) is 30.9 Å². The summed E-state index contributed by atoms with van der Waals surface area (Å²) in [7, 11) is 0. The summed E-state index contributed by atoms with van der Waals surface area (Å²) in [6, 6.07) is 0.739. The lowest BCUT2D eigenvalue weighted by molar-refractivity contribution is 0.240. The molecule has 0 unspecified atom stereocenters. The first-order valence-electron chi connectivity index (χ1n) is 6.38. The second-order valence-electron chi connectivity index (χ2n) is 5.62. The van der Waals surface area contributed by atoms with Gasteiger partial charge in [0.15, 0.2) is 0 Å². The van der Waals surface area contributed by atoms with Gasteiger partial charge in [-0.25, -0.2) is 0 Å². The normalized spacial score (nSPS) is 24.8. The van der Waals surface area contributed by atoms with Crippen LogP contribution in [0.5, 0.6) is 0 Å². The molecule has 0 saturated heterocycles.